The number of nitrogens with zero attached hydrogens (tertiary/aromatic N) is 5. The van der Waals surface area contributed by atoms with Crippen LogP contribution in [0.2, 0.25) is 0 Å². The summed E-state index contributed by atoms with van der Waals surface area (Å²) in [6.45, 7) is 4.83. The summed E-state index contributed by atoms with van der Waals surface area (Å²) in [5.74, 6) is -0.0322. The van der Waals surface area contributed by atoms with E-state index in [1.165, 1.54) is 0 Å². The predicted molar refractivity (Wildman–Crippen MR) is 72.3 cm³/mol. The van der Waals surface area contributed by atoms with E-state index in [1.54, 1.807) is 16.9 Å². The van der Waals surface area contributed by atoms with Crippen LogP contribution >= 0.6 is 0 Å². The second-order valence-corrected chi connectivity index (χ2v) is 5.48. The number of anilines is 1. The lowest BCUT2D eigenvalue weighted by atomic mass is 9.84. The van der Waals surface area contributed by atoms with Crippen molar-refractivity contribution in [2.75, 3.05) is 11.9 Å². The van der Waals surface area contributed by atoms with Crippen molar-refractivity contribution < 1.29 is 9.90 Å². The van der Waals surface area contributed by atoms with E-state index in [-0.39, 0.29) is 11.8 Å². The minimum Gasteiger partial charge on any atom is -0.481 e. The molecule has 2 rings (SSSR count). The Hall–Kier alpha value is -2.25. The van der Waals surface area contributed by atoms with Gasteiger partial charge in [0.1, 0.15) is 5.82 Å². The standard InChI is InChI=1S/C12H18N6O2/c1-12(2,4-3-11(19)20)5-6-14-9-7-13-8-10-15-16-17-18(9)10/h7-8,14H,3-6H2,1-2H3,(H,19,20). The van der Waals surface area contributed by atoms with Crippen LogP contribution < -0.4 is 5.32 Å². The van der Waals surface area contributed by atoms with Crippen LogP contribution in [0, 0.1) is 5.41 Å². The fraction of sp³-hybridized carbons (Fsp3) is 0.583. The van der Waals surface area contributed by atoms with Crippen LogP contribution in [-0.4, -0.2) is 42.6 Å². The highest BCUT2D eigenvalue weighted by atomic mass is 16.4. The van der Waals surface area contributed by atoms with Gasteiger partial charge in [0.25, 0.3) is 0 Å². The second kappa shape index (κ2) is 5.81. The third kappa shape index (κ3) is 3.62. The molecule has 0 bridgehead atoms. The van der Waals surface area contributed by atoms with Crippen LogP contribution in [0.1, 0.15) is 33.1 Å². The van der Waals surface area contributed by atoms with E-state index in [2.05, 4.69) is 39.7 Å². The molecule has 8 nitrogen and oxygen atoms in total. The molecule has 108 valence electrons. The zero-order valence-electron chi connectivity index (χ0n) is 11.6. The average molecular weight is 278 g/mol. The van der Waals surface area contributed by atoms with E-state index in [0.717, 1.165) is 12.2 Å². The third-order valence-electron chi connectivity index (χ3n) is 3.23. The van der Waals surface area contributed by atoms with Gasteiger partial charge in [-0.2, -0.15) is 4.52 Å². The van der Waals surface area contributed by atoms with Gasteiger partial charge in [0, 0.05) is 13.0 Å². The maximum Gasteiger partial charge on any atom is 0.303 e. The molecule has 2 heterocycles. The molecule has 0 atom stereocenters. The van der Waals surface area contributed by atoms with Crippen molar-refractivity contribution in [1.29, 1.82) is 0 Å². The van der Waals surface area contributed by atoms with E-state index in [1.807, 2.05) is 0 Å². The molecule has 0 fully saturated rings. The third-order valence-corrected chi connectivity index (χ3v) is 3.23. The smallest absolute Gasteiger partial charge is 0.303 e. The van der Waals surface area contributed by atoms with E-state index in [4.69, 9.17) is 5.11 Å². The molecule has 0 unspecified atom stereocenters. The van der Waals surface area contributed by atoms with Gasteiger partial charge in [0.2, 0.25) is 0 Å². The van der Waals surface area contributed by atoms with Crippen LogP contribution in [0.5, 0.6) is 0 Å². The van der Waals surface area contributed by atoms with E-state index in [0.29, 0.717) is 18.6 Å². The highest BCUT2D eigenvalue weighted by molar-refractivity contribution is 5.66. The molecule has 0 radical (unpaired) electrons. The molecule has 0 saturated carbocycles. The maximum atomic E-state index is 10.6. The van der Waals surface area contributed by atoms with Crippen molar-refractivity contribution >= 4 is 17.4 Å². The minimum absolute atomic E-state index is 0.0344. The minimum atomic E-state index is -0.756. The Bertz CT molecular complexity index is 594. The number of aromatic nitrogens is 5. The van der Waals surface area contributed by atoms with Crippen molar-refractivity contribution in [1.82, 2.24) is 25.0 Å². The Morgan fingerprint density at radius 2 is 2.20 bits per heavy atom. The summed E-state index contributed by atoms with van der Waals surface area (Å²) in [5, 5.41) is 23.2. The number of aliphatic carboxylic acids is 1. The molecule has 8 heteroatoms. The Morgan fingerprint density at radius 1 is 1.40 bits per heavy atom. The van der Waals surface area contributed by atoms with Gasteiger partial charge < -0.3 is 10.4 Å². The fourth-order valence-electron chi connectivity index (χ4n) is 1.90. The molecule has 0 saturated heterocycles. The molecule has 0 aromatic carbocycles. The number of tetrazole rings is 1. The van der Waals surface area contributed by atoms with Gasteiger partial charge in [-0.1, -0.05) is 13.8 Å². The fourth-order valence-corrected chi connectivity index (χ4v) is 1.90. The van der Waals surface area contributed by atoms with Gasteiger partial charge >= 0.3 is 5.97 Å². The normalized spacial score (nSPS) is 11.7. The highest BCUT2D eigenvalue weighted by Crippen LogP contribution is 2.26. The van der Waals surface area contributed by atoms with Crippen molar-refractivity contribution in [2.45, 2.75) is 33.1 Å². The zero-order valence-corrected chi connectivity index (χ0v) is 11.6. The first-order valence-electron chi connectivity index (χ1n) is 6.46. The largest absolute Gasteiger partial charge is 0.481 e. The molecule has 20 heavy (non-hydrogen) atoms. The zero-order chi connectivity index (χ0) is 14.6. The summed E-state index contributed by atoms with van der Waals surface area (Å²) < 4.78 is 1.58. The maximum absolute atomic E-state index is 10.6. The quantitative estimate of drug-likeness (QED) is 0.784. The van der Waals surface area contributed by atoms with E-state index < -0.39 is 5.97 Å². The van der Waals surface area contributed by atoms with Crippen LogP contribution in [0.25, 0.3) is 5.65 Å². The molecule has 2 aromatic rings. The second-order valence-electron chi connectivity index (χ2n) is 5.48. The summed E-state index contributed by atoms with van der Waals surface area (Å²) >= 11 is 0. The number of hydrogen-bond donors (Lipinski definition) is 2. The number of nitrogens with one attached hydrogen (secondary N) is 1. The van der Waals surface area contributed by atoms with Gasteiger partial charge in [0.05, 0.1) is 12.4 Å². The predicted octanol–water partition coefficient (Wildman–Crippen LogP) is 1.21. The molecule has 0 aliphatic rings. The summed E-state index contributed by atoms with van der Waals surface area (Å²) in [4.78, 5) is 14.7. The Morgan fingerprint density at radius 3 is 2.95 bits per heavy atom. The summed E-state index contributed by atoms with van der Waals surface area (Å²) in [7, 11) is 0. The van der Waals surface area contributed by atoms with Crippen molar-refractivity contribution in [3.63, 3.8) is 0 Å². The van der Waals surface area contributed by atoms with Crippen molar-refractivity contribution in [3.8, 4) is 0 Å². The topological polar surface area (TPSA) is 105 Å². The molecule has 0 aliphatic carbocycles. The van der Waals surface area contributed by atoms with Crippen molar-refractivity contribution in [2.24, 2.45) is 5.41 Å². The number of hydrogen-bond acceptors (Lipinski definition) is 6. The first kappa shape index (κ1) is 14.2. The lowest BCUT2D eigenvalue weighted by molar-refractivity contribution is -0.137. The van der Waals surface area contributed by atoms with Crippen LogP contribution in [0.15, 0.2) is 12.4 Å². The van der Waals surface area contributed by atoms with Gasteiger partial charge in [-0.05, 0) is 28.7 Å². The SMILES string of the molecule is CC(C)(CCNc1cncc2nnnn12)CCC(=O)O. The summed E-state index contributed by atoms with van der Waals surface area (Å²) in [5.41, 5.74) is 0.549. The molecular weight excluding hydrogens is 260 g/mol. The van der Waals surface area contributed by atoms with E-state index >= 15 is 0 Å². The molecule has 0 amide bonds. The number of carboxylic acids is 1. The van der Waals surface area contributed by atoms with Gasteiger partial charge in [0.15, 0.2) is 5.65 Å². The Labute approximate surface area is 116 Å². The first-order valence-corrected chi connectivity index (χ1v) is 6.46. The van der Waals surface area contributed by atoms with Gasteiger partial charge in [-0.15, -0.1) is 5.10 Å². The molecule has 2 N–H and O–H groups in total. The van der Waals surface area contributed by atoms with Gasteiger partial charge in [-0.3, -0.25) is 9.78 Å². The monoisotopic (exact) mass is 278 g/mol. The Kier molecular flexibility index (Phi) is 4.11. The number of fused-ring (bicyclic) bond motifs is 1. The van der Waals surface area contributed by atoms with Crippen molar-refractivity contribution in [3.05, 3.63) is 12.4 Å². The van der Waals surface area contributed by atoms with Crippen LogP contribution in [0.4, 0.5) is 5.82 Å². The van der Waals surface area contributed by atoms with E-state index in [9.17, 15) is 4.79 Å². The number of rotatable bonds is 7. The molecule has 0 spiro atoms. The Balaban J connectivity index is 1.89. The number of carboxylic acid groups (broad SMARTS) is 1. The molecule has 0 aliphatic heterocycles. The van der Waals surface area contributed by atoms with Crippen LogP contribution in [-0.2, 0) is 4.79 Å². The molecule has 2 aromatic heterocycles. The highest BCUT2D eigenvalue weighted by Gasteiger charge is 2.19. The number of carbonyl (C=O) groups is 1. The van der Waals surface area contributed by atoms with Gasteiger partial charge in [-0.25, -0.2) is 0 Å². The summed E-state index contributed by atoms with van der Waals surface area (Å²) in [6.07, 6.45) is 4.93. The summed E-state index contributed by atoms with van der Waals surface area (Å²) in [6, 6.07) is 0. The van der Waals surface area contributed by atoms with Crippen LogP contribution in [0.3, 0.4) is 0 Å². The average Bonchev–Trinajstić information content (AvgIpc) is 2.85. The first-order chi connectivity index (χ1) is 9.48. The lowest BCUT2D eigenvalue weighted by Crippen LogP contribution is -2.19. The molecular formula is C12H18N6O2. The lowest BCUT2D eigenvalue weighted by Gasteiger charge is -2.24.